The van der Waals surface area contributed by atoms with Gasteiger partial charge >= 0.3 is 0 Å². The fraction of sp³-hybridized carbons (Fsp3) is 0.533. The minimum atomic E-state index is -0.380. The highest BCUT2D eigenvalue weighted by molar-refractivity contribution is 5.82. The van der Waals surface area contributed by atoms with Crippen molar-refractivity contribution in [2.24, 2.45) is 11.7 Å². The molecule has 1 aromatic carbocycles. The van der Waals surface area contributed by atoms with Gasteiger partial charge in [-0.1, -0.05) is 44.2 Å². The van der Waals surface area contributed by atoms with E-state index >= 15 is 0 Å². The molecule has 0 spiro atoms. The molecule has 1 fully saturated rings. The maximum absolute atomic E-state index is 12.4. The average molecular weight is 246 g/mol. The number of benzene rings is 1. The van der Waals surface area contributed by atoms with E-state index in [4.69, 9.17) is 5.73 Å². The molecule has 1 aromatic rings. The molecule has 3 nitrogen and oxygen atoms in total. The van der Waals surface area contributed by atoms with Crippen molar-refractivity contribution < 1.29 is 4.79 Å². The molecule has 1 atom stereocenters. The fourth-order valence-electron chi connectivity index (χ4n) is 2.03. The lowest BCUT2D eigenvalue weighted by atomic mass is 10.0. The van der Waals surface area contributed by atoms with Crippen molar-refractivity contribution in [3.63, 3.8) is 0 Å². The van der Waals surface area contributed by atoms with E-state index in [9.17, 15) is 4.79 Å². The van der Waals surface area contributed by atoms with Crippen LogP contribution in [0.1, 0.15) is 32.3 Å². The Morgan fingerprint density at radius 1 is 1.33 bits per heavy atom. The Hall–Kier alpha value is -1.35. The monoisotopic (exact) mass is 246 g/mol. The SMILES string of the molecule is CC(C)[C@@H](N)C(=O)N(Cc1ccccc1)C1CC1. The van der Waals surface area contributed by atoms with Gasteiger partial charge in [0.1, 0.15) is 0 Å². The fourth-order valence-corrected chi connectivity index (χ4v) is 2.03. The Morgan fingerprint density at radius 2 is 1.94 bits per heavy atom. The second-order valence-electron chi connectivity index (χ2n) is 5.45. The predicted octanol–water partition coefficient (Wildman–Crippen LogP) is 2.16. The van der Waals surface area contributed by atoms with Gasteiger partial charge in [0.15, 0.2) is 0 Å². The van der Waals surface area contributed by atoms with Crippen LogP contribution in [0.4, 0.5) is 0 Å². The summed E-state index contributed by atoms with van der Waals surface area (Å²) in [6, 6.07) is 10.2. The quantitative estimate of drug-likeness (QED) is 0.865. The first-order valence-corrected chi connectivity index (χ1v) is 6.69. The number of amides is 1. The minimum Gasteiger partial charge on any atom is -0.334 e. The van der Waals surface area contributed by atoms with E-state index < -0.39 is 0 Å². The summed E-state index contributed by atoms with van der Waals surface area (Å²) >= 11 is 0. The predicted molar refractivity (Wildman–Crippen MR) is 72.8 cm³/mol. The zero-order valence-corrected chi connectivity index (χ0v) is 11.2. The molecule has 2 N–H and O–H groups in total. The van der Waals surface area contributed by atoms with Gasteiger partial charge in [-0.2, -0.15) is 0 Å². The van der Waals surface area contributed by atoms with Crippen LogP contribution >= 0.6 is 0 Å². The zero-order valence-electron chi connectivity index (χ0n) is 11.2. The van der Waals surface area contributed by atoms with Crippen LogP contribution in [0.15, 0.2) is 30.3 Å². The molecule has 0 aromatic heterocycles. The van der Waals surface area contributed by atoms with E-state index in [2.05, 4.69) is 12.1 Å². The molecule has 3 heteroatoms. The van der Waals surface area contributed by atoms with Crippen LogP contribution in [0.25, 0.3) is 0 Å². The van der Waals surface area contributed by atoms with E-state index in [1.807, 2.05) is 36.9 Å². The largest absolute Gasteiger partial charge is 0.334 e. The highest BCUT2D eigenvalue weighted by Crippen LogP contribution is 2.29. The number of nitrogens with two attached hydrogens (primary N) is 1. The van der Waals surface area contributed by atoms with E-state index in [-0.39, 0.29) is 17.9 Å². The molecular formula is C15H22N2O. The molecule has 0 aliphatic heterocycles. The van der Waals surface area contributed by atoms with E-state index in [0.717, 1.165) is 12.8 Å². The lowest BCUT2D eigenvalue weighted by molar-refractivity contribution is -0.134. The second-order valence-corrected chi connectivity index (χ2v) is 5.45. The third kappa shape index (κ3) is 3.10. The van der Waals surface area contributed by atoms with Crippen molar-refractivity contribution in [2.75, 3.05) is 0 Å². The summed E-state index contributed by atoms with van der Waals surface area (Å²) in [5, 5.41) is 0. The topological polar surface area (TPSA) is 46.3 Å². The summed E-state index contributed by atoms with van der Waals surface area (Å²) in [4.78, 5) is 14.3. The molecule has 0 bridgehead atoms. The Balaban J connectivity index is 2.07. The Morgan fingerprint density at radius 3 is 2.44 bits per heavy atom. The molecule has 2 rings (SSSR count). The van der Waals surface area contributed by atoms with E-state index in [0.29, 0.717) is 12.6 Å². The van der Waals surface area contributed by atoms with Gasteiger partial charge in [-0.3, -0.25) is 4.79 Å². The van der Waals surface area contributed by atoms with Crippen LogP contribution in [0.2, 0.25) is 0 Å². The summed E-state index contributed by atoms with van der Waals surface area (Å²) < 4.78 is 0. The van der Waals surface area contributed by atoms with Crippen LogP contribution in [0.5, 0.6) is 0 Å². The van der Waals surface area contributed by atoms with Crippen LogP contribution in [-0.2, 0) is 11.3 Å². The second kappa shape index (κ2) is 5.53. The van der Waals surface area contributed by atoms with Crippen molar-refractivity contribution >= 4 is 5.91 Å². The van der Waals surface area contributed by atoms with Gasteiger partial charge in [0.05, 0.1) is 6.04 Å². The number of carbonyl (C=O) groups is 1. The Bertz CT molecular complexity index is 398. The third-order valence-electron chi connectivity index (χ3n) is 3.47. The molecule has 1 aliphatic carbocycles. The maximum atomic E-state index is 12.4. The summed E-state index contributed by atoms with van der Waals surface area (Å²) in [5.74, 6) is 0.283. The van der Waals surface area contributed by atoms with Gasteiger partial charge in [-0.15, -0.1) is 0 Å². The normalized spacial score (nSPS) is 16.7. The Kier molecular flexibility index (Phi) is 4.02. The van der Waals surface area contributed by atoms with E-state index in [1.165, 1.54) is 5.56 Å². The molecule has 0 heterocycles. The Labute approximate surface area is 109 Å². The van der Waals surface area contributed by atoms with Gasteiger partial charge in [-0.05, 0) is 24.3 Å². The highest BCUT2D eigenvalue weighted by atomic mass is 16.2. The summed E-state index contributed by atoms with van der Waals surface area (Å²) in [6.45, 7) is 4.68. The van der Waals surface area contributed by atoms with Crippen LogP contribution in [0, 0.1) is 5.92 Å². The zero-order chi connectivity index (χ0) is 13.1. The third-order valence-corrected chi connectivity index (χ3v) is 3.47. The van der Waals surface area contributed by atoms with Crippen molar-refractivity contribution in [1.82, 2.24) is 4.90 Å². The van der Waals surface area contributed by atoms with Crippen LogP contribution < -0.4 is 5.73 Å². The number of rotatable bonds is 5. The molecule has 1 saturated carbocycles. The highest BCUT2D eigenvalue weighted by Gasteiger charge is 2.35. The number of carbonyl (C=O) groups excluding carboxylic acids is 1. The van der Waals surface area contributed by atoms with Crippen molar-refractivity contribution in [3.8, 4) is 0 Å². The standard InChI is InChI=1S/C15H22N2O/c1-11(2)14(16)15(18)17(13-8-9-13)10-12-6-4-3-5-7-12/h3-7,11,13-14H,8-10,16H2,1-2H3/t14-/m1/s1. The number of hydrogen-bond donors (Lipinski definition) is 1. The average Bonchev–Trinajstić information content (AvgIpc) is 3.19. The molecule has 98 valence electrons. The van der Waals surface area contributed by atoms with Crippen molar-refractivity contribution in [2.45, 2.75) is 45.3 Å². The first kappa shape index (κ1) is 13.1. The molecule has 1 aliphatic rings. The van der Waals surface area contributed by atoms with E-state index in [1.54, 1.807) is 0 Å². The van der Waals surface area contributed by atoms with Gasteiger partial charge < -0.3 is 10.6 Å². The molecule has 0 saturated heterocycles. The van der Waals surface area contributed by atoms with Gasteiger partial charge in [0, 0.05) is 12.6 Å². The van der Waals surface area contributed by atoms with Crippen molar-refractivity contribution in [1.29, 1.82) is 0 Å². The lowest BCUT2D eigenvalue weighted by Gasteiger charge is -2.27. The summed E-state index contributed by atoms with van der Waals surface area (Å²) in [6.07, 6.45) is 2.23. The molecule has 1 amide bonds. The molecule has 0 unspecified atom stereocenters. The van der Waals surface area contributed by atoms with Crippen molar-refractivity contribution in [3.05, 3.63) is 35.9 Å². The number of nitrogens with zero attached hydrogens (tertiary/aromatic N) is 1. The number of hydrogen-bond acceptors (Lipinski definition) is 2. The lowest BCUT2D eigenvalue weighted by Crippen LogP contribution is -2.47. The molecule has 18 heavy (non-hydrogen) atoms. The summed E-state index contributed by atoms with van der Waals surface area (Å²) in [7, 11) is 0. The maximum Gasteiger partial charge on any atom is 0.240 e. The first-order valence-electron chi connectivity index (χ1n) is 6.69. The minimum absolute atomic E-state index is 0.0938. The molecule has 0 radical (unpaired) electrons. The summed E-state index contributed by atoms with van der Waals surface area (Å²) in [5.41, 5.74) is 7.16. The van der Waals surface area contributed by atoms with Gasteiger partial charge in [0.25, 0.3) is 0 Å². The smallest absolute Gasteiger partial charge is 0.240 e. The van der Waals surface area contributed by atoms with Crippen LogP contribution in [-0.4, -0.2) is 22.9 Å². The van der Waals surface area contributed by atoms with Gasteiger partial charge in [0.2, 0.25) is 5.91 Å². The first-order chi connectivity index (χ1) is 8.59. The van der Waals surface area contributed by atoms with Gasteiger partial charge in [-0.25, -0.2) is 0 Å². The van der Waals surface area contributed by atoms with Crippen LogP contribution in [0.3, 0.4) is 0 Å². The molecular weight excluding hydrogens is 224 g/mol.